The molecule has 3 nitrogen and oxygen atoms in total. The number of hydrogen-bond acceptors (Lipinski definition) is 2. The standard InChI is InChI=1S/C8H13N3/c1-3-4-5-11-6-7(2)8(9)10-11/h3,6H,1,4-5H2,2H3,(H2,9,10). The molecule has 60 valence electrons. The van der Waals surface area contributed by atoms with E-state index in [-0.39, 0.29) is 0 Å². The first-order valence-corrected chi connectivity index (χ1v) is 3.64. The summed E-state index contributed by atoms with van der Waals surface area (Å²) in [6.45, 7) is 6.45. The molecule has 1 heterocycles. The van der Waals surface area contributed by atoms with Crippen LogP contribution in [-0.2, 0) is 6.54 Å². The van der Waals surface area contributed by atoms with E-state index in [9.17, 15) is 0 Å². The highest BCUT2D eigenvalue weighted by molar-refractivity contribution is 5.35. The van der Waals surface area contributed by atoms with Crippen molar-refractivity contribution in [2.45, 2.75) is 19.9 Å². The van der Waals surface area contributed by atoms with Gasteiger partial charge in [-0.25, -0.2) is 0 Å². The van der Waals surface area contributed by atoms with Crippen molar-refractivity contribution in [1.29, 1.82) is 0 Å². The fourth-order valence-electron chi connectivity index (χ4n) is 0.874. The van der Waals surface area contributed by atoms with Gasteiger partial charge in [0, 0.05) is 18.3 Å². The predicted octanol–water partition coefficient (Wildman–Crippen LogP) is 1.35. The minimum absolute atomic E-state index is 0.620. The smallest absolute Gasteiger partial charge is 0.148 e. The lowest BCUT2D eigenvalue weighted by Gasteiger charge is -1.94. The number of aryl methyl sites for hydroxylation is 2. The Balaban J connectivity index is 2.64. The quantitative estimate of drug-likeness (QED) is 0.663. The van der Waals surface area contributed by atoms with Crippen LogP contribution in [-0.4, -0.2) is 9.78 Å². The molecule has 0 unspecified atom stereocenters. The maximum absolute atomic E-state index is 5.55. The third-order valence-electron chi connectivity index (χ3n) is 1.55. The van der Waals surface area contributed by atoms with Crippen LogP contribution in [0.25, 0.3) is 0 Å². The molecule has 0 amide bonds. The van der Waals surface area contributed by atoms with Gasteiger partial charge in [0.25, 0.3) is 0 Å². The molecule has 0 bridgehead atoms. The zero-order valence-corrected chi connectivity index (χ0v) is 6.75. The van der Waals surface area contributed by atoms with Crippen LogP contribution in [0, 0.1) is 6.92 Å². The average molecular weight is 151 g/mol. The lowest BCUT2D eigenvalue weighted by atomic mass is 10.4. The van der Waals surface area contributed by atoms with Gasteiger partial charge in [-0.1, -0.05) is 6.08 Å². The fourth-order valence-corrected chi connectivity index (χ4v) is 0.874. The number of nitrogens with zero attached hydrogens (tertiary/aromatic N) is 2. The number of allylic oxidation sites excluding steroid dienone is 1. The molecule has 0 aliphatic carbocycles. The van der Waals surface area contributed by atoms with Crippen LogP contribution in [0.2, 0.25) is 0 Å². The van der Waals surface area contributed by atoms with Crippen molar-refractivity contribution in [3.8, 4) is 0 Å². The van der Waals surface area contributed by atoms with Crippen molar-refractivity contribution in [3.63, 3.8) is 0 Å². The Morgan fingerprint density at radius 2 is 2.55 bits per heavy atom. The summed E-state index contributed by atoms with van der Waals surface area (Å²) in [6.07, 6.45) is 4.74. The third-order valence-corrected chi connectivity index (χ3v) is 1.55. The summed E-state index contributed by atoms with van der Waals surface area (Å²) in [6, 6.07) is 0. The van der Waals surface area contributed by atoms with Crippen LogP contribution < -0.4 is 5.73 Å². The largest absolute Gasteiger partial charge is 0.382 e. The molecule has 1 rings (SSSR count). The number of anilines is 1. The van der Waals surface area contributed by atoms with Crippen molar-refractivity contribution in [3.05, 3.63) is 24.4 Å². The van der Waals surface area contributed by atoms with Crippen LogP contribution in [0.3, 0.4) is 0 Å². The van der Waals surface area contributed by atoms with Crippen molar-refractivity contribution < 1.29 is 0 Å². The summed E-state index contributed by atoms with van der Waals surface area (Å²) in [4.78, 5) is 0. The molecule has 1 aromatic rings. The summed E-state index contributed by atoms with van der Waals surface area (Å²) >= 11 is 0. The van der Waals surface area contributed by atoms with Gasteiger partial charge in [0.15, 0.2) is 0 Å². The molecule has 0 spiro atoms. The summed E-state index contributed by atoms with van der Waals surface area (Å²) < 4.78 is 1.84. The number of rotatable bonds is 3. The van der Waals surface area contributed by atoms with Gasteiger partial charge in [-0.3, -0.25) is 4.68 Å². The molecule has 3 heteroatoms. The molecule has 2 N–H and O–H groups in total. The molecule has 0 radical (unpaired) electrons. The monoisotopic (exact) mass is 151 g/mol. The molecule has 0 aromatic carbocycles. The van der Waals surface area contributed by atoms with E-state index in [1.807, 2.05) is 23.9 Å². The number of nitrogen functional groups attached to an aromatic ring is 1. The first-order valence-electron chi connectivity index (χ1n) is 3.64. The van der Waals surface area contributed by atoms with E-state index < -0.39 is 0 Å². The predicted molar refractivity (Wildman–Crippen MR) is 46.2 cm³/mol. The van der Waals surface area contributed by atoms with E-state index >= 15 is 0 Å². The molecule has 0 saturated carbocycles. The SMILES string of the molecule is C=CCCn1cc(C)c(N)n1. The Bertz CT molecular complexity index is 230. The molecule has 0 atom stereocenters. The number of aromatic nitrogens is 2. The Labute approximate surface area is 66.5 Å². The molecule has 0 aliphatic heterocycles. The van der Waals surface area contributed by atoms with Crippen LogP contribution >= 0.6 is 0 Å². The summed E-state index contributed by atoms with van der Waals surface area (Å²) in [5.74, 6) is 0.620. The van der Waals surface area contributed by atoms with Crippen LogP contribution in [0.4, 0.5) is 5.82 Å². The summed E-state index contributed by atoms with van der Waals surface area (Å²) in [5, 5.41) is 4.09. The Morgan fingerprint density at radius 1 is 1.82 bits per heavy atom. The fraction of sp³-hybridized carbons (Fsp3) is 0.375. The molecule has 11 heavy (non-hydrogen) atoms. The van der Waals surface area contributed by atoms with Crippen LogP contribution in [0.1, 0.15) is 12.0 Å². The summed E-state index contributed by atoms with van der Waals surface area (Å²) in [5.41, 5.74) is 6.59. The zero-order valence-electron chi connectivity index (χ0n) is 6.75. The highest BCUT2D eigenvalue weighted by Gasteiger charge is 1.97. The van der Waals surface area contributed by atoms with Gasteiger partial charge in [-0.05, 0) is 13.3 Å². The van der Waals surface area contributed by atoms with Gasteiger partial charge in [0.1, 0.15) is 5.82 Å². The zero-order chi connectivity index (χ0) is 8.27. The second-order valence-electron chi connectivity index (χ2n) is 2.54. The van der Waals surface area contributed by atoms with E-state index in [4.69, 9.17) is 5.73 Å². The van der Waals surface area contributed by atoms with Crippen molar-refractivity contribution >= 4 is 5.82 Å². The van der Waals surface area contributed by atoms with Crippen LogP contribution in [0.15, 0.2) is 18.9 Å². The topological polar surface area (TPSA) is 43.8 Å². The minimum Gasteiger partial charge on any atom is -0.382 e. The van der Waals surface area contributed by atoms with Crippen molar-refractivity contribution in [2.24, 2.45) is 0 Å². The Morgan fingerprint density at radius 3 is 3.00 bits per heavy atom. The highest BCUT2D eigenvalue weighted by atomic mass is 15.3. The van der Waals surface area contributed by atoms with Gasteiger partial charge < -0.3 is 5.73 Å². The van der Waals surface area contributed by atoms with Gasteiger partial charge in [-0.15, -0.1) is 6.58 Å². The van der Waals surface area contributed by atoms with Gasteiger partial charge in [0.2, 0.25) is 0 Å². The van der Waals surface area contributed by atoms with Gasteiger partial charge >= 0.3 is 0 Å². The average Bonchev–Trinajstić information content (AvgIpc) is 2.28. The number of hydrogen-bond donors (Lipinski definition) is 1. The maximum atomic E-state index is 5.55. The molecule has 1 aromatic heterocycles. The van der Waals surface area contributed by atoms with E-state index in [2.05, 4.69) is 11.7 Å². The van der Waals surface area contributed by atoms with E-state index in [1.165, 1.54) is 0 Å². The van der Waals surface area contributed by atoms with Crippen molar-refractivity contribution in [2.75, 3.05) is 5.73 Å². The van der Waals surface area contributed by atoms with E-state index in [1.54, 1.807) is 0 Å². The second-order valence-corrected chi connectivity index (χ2v) is 2.54. The van der Waals surface area contributed by atoms with E-state index in [0.717, 1.165) is 18.5 Å². The third kappa shape index (κ3) is 1.83. The Kier molecular flexibility index (Phi) is 2.31. The molecular formula is C8H13N3. The lowest BCUT2D eigenvalue weighted by molar-refractivity contribution is 0.626. The number of nitrogens with two attached hydrogens (primary N) is 1. The Hall–Kier alpha value is -1.25. The van der Waals surface area contributed by atoms with Gasteiger partial charge in [0.05, 0.1) is 0 Å². The van der Waals surface area contributed by atoms with E-state index in [0.29, 0.717) is 5.82 Å². The van der Waals surface area contributed by atoms with Gasteiger partial charge in [-0.2, -0.15) is 5.10 Å². The first-order chi connectivity index (χ1) is 5.24. The van der Waals surface area contributed by atoms with Crippen molar-refractivity contribution in [1.82, 2.24) is 9.78 Å². The normalized spacial score (nSPS) is 9.91. The highest BCUT2D eigenvalue weighted by Crippen LogP contribution is 2.06. The first kappa shape index (κ1) is 7.85. The second kappa shape index (κ2) is 3.23. The molecule has 0 fully saturated rings. The minimum atomic E-state index is 0.620. The maximum Gasteiger partial charge on any atom is 0.148 e. The molecule has 0 aliphatic rings. The van der Waals surface area contributed by atoms with Crippen LogP contribution in [0.5, 0.6) is 0 Å². The summed E-state index contributed by atoms with van der Waals surface area (Å²) in [7, 11) is 0. The lowest BCUT2D eigenvalue weighted by Crippen LogP contribution is -1.98. The molecule has 0 saturated heterocycles. The molecular weight excluding hydrogens is 138 g/mol.